The summed E-state index contributed by atoms with van der Waals surface area (Å²) in [5.74, 6) is -1.25. The molecule has 0 aromatic carbocycles. The van der Waals surface area contributed by atoms with Gasteiger partial charge < -0.3 is 10.4 Å². The van der Waals surface area contributed by atoms with Crippen LogP contribution in [0.15, 0.2) is 6.07 Å². The van der Waals surface area contributed by atoms with E-state index in [1.165, 1.54) is 6.07 Å². The van der Waals surface area contributed by atoms with E-state index in [4.69, 9.17) is 16.7 Å². The molecule has 8 heteroatoms. The first-order valence-corrected chi connectivity index (χ1v) is 5.29. The SMILES string of the molecule is OC1CC(Nc2cc(Cl)nc(C(F)(F)F)n2)C1. The lowest BCUT2D eigenvalue weighted by Gasteiger charge is -2.32. The fourth-order valence-electron chi connectivity index (χ4n) is 1.53. The molecule has 1 aliphatic carbocycles. The summed E-state index contributed by atoms with van der Waals surface area (Å²) >= 11 is 5.49. The highest BCUT2D eigenvalue weighted by molar-refractivity contribution is 6.29. The van der Waals surface area contributed by atoms with Crippen LogP contribution in [0.25, 0.3) is 0 Å². The van der Waals surface area contributed by atoms with E-state index in [1.54, 1.807) is 0 Å². The minimum absolute atomic E-state index is 0.0224. The summed E-state index contributed by atoms with van der Waals surface area (Å²) in [6.07, 6.45) is -4.04. The van der Waals surface area contributed by atoms with E-state index in [0.717, 1.165) is 0 Å². The standard InChI is InChI=1S/C9H9ClF3N3O/c10-6-3-7(14-4-1-5(17)2-4)16-8(15-6)9(11,12)13/h3-5,17H,1-2H2,(H,14,15,16). The molecule has 0 bridgehead atoms. The van der Waals surface area contributed by atoms with E-state index in [2.05, 4.69) is 15.3 Å². The Morgan fingerprint density at radius 3 is 2.53 bits per heavy atom. The van der Waals surface area contributed by atoms with Crippen molar-refractivity contribution in [1.29, 1.82) is 0 Å². The maximum atomic E-state index is 12.4. The smallest absolute Gasteiger partial charge is 0.393 e. The van der Waals surface area contributed by atoms with Gasteiger partial charge in [-0.25, -0.2) is 9.97 Å². The monoisotopic (exact) mass is 267 g/mol. The molecule has 0 spiro atoms. The average Bonchev–Trinajstić information content (AvgIpc) is 2.13. The van der Waals surface area contributed by atoms with Gasteiger partial charge in [-0.1, -0.05) is 11.6 Å². The lowest BCUT2D eigenvalue weighted by Crippen LogP contribution is -2.39. The fraction of sp³-hybridized carbons (Fsp3) is 0.556. The van der Waals surface area contributed by atoms with E-state index in [1.807, 2.05) is 0 Å². The summed E-state index contributed by atoms with van der Waals surface area (Å²) in [5.41, 5.74) is 0. The van der Waals surface area contributed by atoms with Crippen molar-refractivity contribution in [2.75, 3.05) is 5.32 Å². The molecule has 2 N–H and O–H groups in total. The second kappa shape index (κ2) is 4.30. The number of alkyl halides is 3. The number of halogens is 4. The zero-order chi connectivity index (χ0) is 12.6. The molecule has 1 aromatic rings. The van der Waals surface area contributed by atoms with Crippen molar-refractivity contribution in [3.63, 3.8) is 0 Å². The van der Waals surface area contributed by atoms with Crippen LogP contribution in [0.3, 0.4) is 0 Å². The molecule has 1 aliphatic rings. The van der Waals surface area contributed by atoms with Gasteiger partial charge in [-0.3, -0.25) is 0 Å². The third kappa shape index (κ3) is 2.98. The second-order valence-electron chi connectivity index (χ2n) is 3.86. The zero-order valence-corrected chi connectivity index (χ0v) is 9.26. The Balaban J connectivity index is 2.14. The van der Waals surface area contributed by atoms with Gasteiger partial charge in [0.15, 0.2) is 0 Å². The largest absolute Gasteiger partial charge is 0.451 e. The van der Waals surface area contributed by atoms with Gasteiger partial charge in [0.1, 0.15) is 11.0 Å². The summed E-state index contributed by atoms with van der Waals surface area (Å²) < 4.78 is 37.2. The first-order valence-electron chi connectivity index (χ1n) is 4.91. The molecule has 1 heterocycles. The Hall–Kier alpha value is -1.08. The molecule has 0 radical (unpaired) electrons. The van der Waals surface area contributed by atoms with Gasteiger partial charge in [0.2, 0.25) is 5.82 Å². The summed E-state index contributed by atoms with van der Waals surface area (Å²) in [4.78, 5) is 6.45. The summed E-state index contributed by atoms with van der Waals surface area (Å²) in [6.45, 7) is 0. The van der Waals surface area contributed by atoms with Crippen LogP contribution < -0.4 is 5.32 Å². The Bertz CT molecular complexity index is 420. The van der Waals surface area contributed by atoms with Crippen LogP contribution in [0.2, 0.25) is 5.15 Å². The minimum Gasteiger partial charge on any atom is -0.393 e. The highest BCUT2D eigenvalue weighted by Crippen LogP contribution is 2.29. The highest BCUT2D eigenvalue weighted by atomic mass is 35.5. The zero-order valence-electron chi connectivity index (χ0n) is 8.50. The molecule has 17 heavy (non-hydrogen) atoms. The van der Waals surface area contributed by atoms with Crippen LogP contribution in [-0.2, 0) is 6.18 Å². The summed E-state index contributed by atoms with van der Waals surface area (Å²) in [6, 6.07) is 1.15. The molecule has 94 valence electrons. The first-order chi connectivity index (χ1) is 7.84. The quantitative estimate of drug-likeness (QED) is 0.806. The molecular weight excluding hydrogens is 259 g/mol. The number of rotatable bonds is 2. The van der Waals surface area contributed by atoms with E-state index < -0.39 is 18.1 Å². The van der Waals surface area contributed by atoms with Gasteiger partial charge in [-0.05, 0) is 12.8 Å². The Morgan fingerprint density at radius 2 is 2.00 bits per heavy atom. The van der Waals surface area contributed by atoms with E-state index in [-0.39, 0.29) is 17.0 Å². The van der Waals surface area contributed by atoms with Crippen molar-refractivity contribution in [3.8, 4) is 0 Å². The van der Waals surface area contributed by atoms with Crippen molar-refractivity contribution in [3.05, 3.63) is 17.0 Å². The number of anilines is 1. The van der Waals surface area contributed by atoms with E-state index in [9.17, 15) is 13.2 Å². The molecule has 1 aromatic heterocycles. The fourth-order valence-corrected chi connectivity index (χ4v) is 1.72. The first kappa shape index (κ1) is 12.4. The molecule has 0 aliphatic heterocycles. The van der Waals surface area contributed by atoms with Gasteiger partial charge in [0.05, 0.1) is 6.10 Å². The van der Waals surface area contributed by atoms with Gasteiger partial charge in [-0.15, -0.1) is 0 Å². The van der Waals surface area contributed by atoms with Crippen molar-refractivity contribution in [2.24, 2.45) is 0 Å². The van der Waals surface area contributed by atoms with Gasteiger partial charge in [0, 0.05) is 12.1 Å². The molecule has 0 atom stereocenters. The number of hydrogen-bond donors (Lipinski definition) is 2. The number of aromatic nitrogens is 2. The molecule has 1 saturated carbocycles. The highest BCUT2D eigenvalue weighted by Gasteiger charge is 2.36. The van der Waals surface area contributed by atoms with Crippen LogP contribution in [0.5, 0.6) is 0 Å². The van der Waals surface area contributed by atoms with Crippen molar-refractivity contribution in [2.45, 2.75) is 31.2 Å². The lowest BCUT2D eigenvalue weighted by molar-refractivity contribution is -0.144. The lowest BCUT2D eigenvalue weighted by atomic mass is 9.89. The molecule has 4 nitrogen and oxygen atoms in total. The molecule has 0 saturated heterocycles. The van der Waals surface area contributed by atoms with E-state index >= 15 is 0 Å². The molecule has 2 rings (SSSR count). The topological polar surface area (TPSA) is 58.0 Å². The minimum atomic E-state index is -4.62. The maximum Gasteiger partial charge on any atom is 0.451 e. The Kier molecular flexibility index (Phi) is 3.13. The second-order valence-corrected chi connectivity index (χ2v) is 4.25. The van der Waals surface area contributed by atoms with Gasteiger partial charge >= 0.3 is 6.18 Å². The Labute approximate surface area is 99.8 Å². The van der Waals surface area contributed by atoms with Crippen molar-refractivity contribution < 1.29 is 18.3 Å². The molecule has 0 amide bonds. The number of nitrogens with one attached hydrogen (secondary N) is 1. The summed E-state index contributed by atoms with van der Waals surface area (Å²) in [7, 11) is 0. The van der Waals surface area contributed by atoms with Crippen LogP contribution in [0.1, 0.15) is 18.7 Å². The Morgan fingerprint density at radius 1 is 1.35 bits per heavy atom. The summed E-state index contributed by atoms with van der Waals surface area (Å²) in [5, 5.41) is 11.6. The van der Waals surface area contributed by atoms with E-state index in [0.29, 0.717) is 12.8 Å². The maximum absolute atomic E-state index is 12.4. The van der Waals surface area contributed by atoms with Crippen molar-refractivity contribution in [1.82, 2.24) is 9.97 Å². The van der Waals surface area contributed by atoms with Gasteiger partial charge in [-0.2, -0.15) is 13.2 Å². The van der Waals surface area contributed by atoms with Crippen LogP contribution >= 0.6 is 11.6 Å². The molecule has 0 unspecified atom stereocenters. The normalized spacial score (nSPS) is 24.3. The van der Waals surface area contributed by atoms with Crippen molar-refractivity contribution >= 4 is 17.4 Å². The van der Waals surface area contributed by atoms with Crippen LogP contribution in [0.4, 0.5) is 19.0 Å². The number of aliphatic hydroxyl groups is 1. The average molecular weight is 268 g/mol. The third-order valence-corrected chi connectivity index (χ3v) is 2.61. The number of nitrogens with zero attached hydrogens (tertiary/aromatic N) is 2. The number of hydrogen-bond acceptors (Lipinski definition) is 4. The predicted molar refractivity (Wildman–Crippen MR) is 54.7 cm³/mol. The van der Waals surface area contributed by atoms with Crippen LogP contribution in [0, 0.1) is 0 Å². The van der Waals surface area contributed by atoms with Gasteiger partial charge in [0.25, 0.3) is 0 Å². The van der Waals surface area contributed by atoms with Crippen LogP contribution in [-0.4, -0.2) is 27.2 Å². The molecular formula is C9H9ClF3N3O. The third-order valence-electron chi connectivity index (χ3n) is 2.41. The molecule has 1 fully saturated rings. The predicted octanol–water partition coefficient (Wildman–Crippen LogP) is 2.08. The number of aliphatic hydroxyl groups excluding tert-OH is 1.